The second-order valence-corrected chi connectivity index (χ2v) is 4.84. The van der Waals surface area contributed by atoms with E-state index in [-0.39, 0.29) is 17.9 Å². The van der Waals surface area contributed by atoms with Crippen LogP contribution in [0.5, 0.6) is 5.88 Å². The minimum absolute atomic E-state index is 0.00472. The summed E-state index contributed by atoms with van der Waals surface area (Å²) in [5.74, 6) is 0.641. The second kappa shape index (κ2) is 4.92. The first-order chi connectivity index (χ1) is 8.08. The molecule has 0 aromatic carbocycles. The monoisotopic (exact) mass is 254 g/mol. The van der Waals surface area contributed by atoms with Crippen LogP contribution < -0.4 is 4.74 Å². The lowest BCUT2D eigenvalue weighted by Crippen LogP contribution is -2.57. The third-order valence-electron chi connectivity index (χ3n) is 2.66. The molecule has 0 saturated carbocycles. The van der Waals surface area contributed by atoms with E-state index in [1.807, 2.05) is 13.8 Å². The van der Waals surface area contributed by atoms with Crippen molar-refractivity contribution in [2.75, 3.05) is 13.1 Å². The number of aromatic nitrogens is 1. The van der Waals surface area contributed by atoms with Crippen molar-refractivity contribution in [2.24, 2.45) is 5.92 Å². The van der Waals surface area contributed by atoms with Crippen LogP contribution in [0.15, 0.2) is 18.3 Å². The lowest BCUT2D eigenvalue weighted by Gasteiger charge is -2.39. The first-order valence-electron chi connectivity index (χ1n) is 5.64. The molecule has 92 valence electrons. The molecule has 1 amide bonds. The largest absolute Gasteiger partial charge is 0.470 e. The van der Waals surface area contributed by atoms with Crippen LogP contribution in [-0.2, 0) is 4.79 Å². The van der Waals surface area contributed by atoms with Gasteiger partial charge in [-0.25, -0.2) is 4.98 Å². The van der Waals surface area contributed by atoms with Crippen LogP contribution in [-0.4, -0.2) is 35.0 Å². The number of rotatable bonds is 3. The third-order valence-corrected chi connectivity index (χ3v) is 2.94. The maximum Gasteiger partial charge on any atom is 0.232 e. The number of likely N-dealkylation sites (tertiary alicyclic amines) is 1. The van der Waals surface area contributed by atoms with E-state index in [1.165, 1.54) is 0 Å². The van der Waals surface area contributed by atoms with Gasteiger partial charge in [-0.15, -0.1) is 0 Å². The van der Waals surface area contributed by atoms with Crippen molar-refractivity contribution in [3.05, 3.63) is 23.4 Å². The van der Waals surface area contributed by atoms with Crippen LogP contribution in [0.4, 0.5) is 0 Å². The highest BCUT2D eigenvalue weighted by Gasteiger charge is 2.33. The highest BCUT2D eigenvalue weighted by molar-refractivity contribution is 6.31. The summed E-state index contributed by atoms with van der Waals surface area (Å²) in [4.78, 5) is 17.5. The third kappa shape index (κ3) is 2.69. The number of carbonyl (C=O) groups is 1. The van der Waals surface area contributed by atoms with Crippen molar-refractivity contribution in [1.82, 2.24) is 9.88 Å². The summed E-state index contributed by atoms with van der Waals surface area (Å²) in [5.41, 5.74) is 0. The summed E-state index contributed by atoms with van der Waals surface area (Å²) < 4.78 is 5.60. The summed E-state index contributed by atoms with van der Waals surface area (Å²) >= 11 is 5.93. The molecule has 1 aromatic rings. The summed E-state index contributed by atoms with van der Waals surface area (Å²) in [6.07, 6.45) is 1.64. The van der Waals surface area contributed by atoms with Gasteiger partial charge in [0.05, 0.1) is 13.1 Å². The normalized spacial score (nSPS) is 15.9. The zero-order valence-electron chi connectivity index (χ0n) is 9.89. The van der Waals surface area contributed by atoms with E-state index in [0.29, 0.717) is 24.0 Å². The Morgan fingerprint density at radius 1 is 1.59 bits per heavy atom. The van der Waals surface area contributed by atoms with Gasteiger partial charge >= 0.3 is 0 Å². The van der Waals surface area contributed by atoms with Gasteiger partial charge in [-0.1, -0.05) is 25.4 Å². The summed E-state index contributed by atoms with van der Waals surface area (Å²) in [6.45, 7) is 5.02. The van der Waals surface area contributed by atoms with E-state index >= 15 is 0 Å². The minimum Gasteiger partial charge on any atom is -0.470 e. The van der Waals surface area contributed by atoms with Crippen molar-refractivity contribution in [3.8, 4) is 5.88 Å². The first kappa shape index (κ1) is 12.2. The van der Waals surface area contributed by atoms with Gasteiger partial charge in [0, 0.05) is 12.1 Å². The van der Waals surface area contributed by atoms with E-state index < -0.39 is 0 Å². The van der Waals surface area contributed by atoms with Gasteiger partial charge in [0.1, 0.15) is 11.1 Å². The molecule has 0 unspecified atom stereocenters. The molecule has 4 nitrogen and oxygen atoms in total. The lowest BCUT2D eigenvalue weighted by atomic mass is 10.1. The maximum atomic E-state index is 11.6. The number of nitrogens with zero attached hydrogens (tertiary/aromatic N) is 2. The predicted molar refractivity (Wildman–Crippen MR) is 65.1 cm³/mol. The topological polar surface area (TPSA) is 42.4 Å². The van der Waals surface area contributed by atoms with Gasteiger partial charge < -0.3 is 9.64 Å². The molecule has 2 heterocycles. The van der Waals surface area contributed by atoms with Gasteiger partial charge in [0.15, 0.2) is 0 Å². The van der Waals surface area contributed by atoms with Crippen molar-refractivity contribution in [2.45, 2.75) is 20.0 Å². The van der Waals surface area contributed by atoms with Crippen molar-refractivity contribution < 1.29 is 9.53 Å². The molecular weight excluding hydrogens is 240 g/mol. The fraction of sp³-hybridized carbons (Fsp3) is 0.500. The smallest absolute Gasteiger partial charge is 0.232 e. The van der Waals surface area contributed by atoms with Crippen LogP contribution >= 0.6 is 11.6 Å². The minimum atomic E-state index is 0.00472. The average Bonchev–Trinajstić information content (AvgIpc) is 2.24. The van der Waals surface area contributed by atoms with E-state index in [9.17, 15) is 4.79 Å². The maximum absolute atomic E-state index is 11.6. The Bertz CT molecular complexity index is 417. The Kier molecular flexibility index (Phi) is 3.52. The lowest BCUT2D eigenvalue weighted by molar-refractivity contribution is -0.143. The number of pyridine rings is 1. The molecule has 1 aromatic heterocycles. The number of carbonyl (C=O) groups excluding carboxylic acids is 1. The molecule has 1 saturated heterocycles. The predicted octanol–water partition coefficient (Wildman–Crippen LogP) is 1.98. The van der Waals surface area contributed by atoms with Gasteiger partial charge in [0.25, 0.3) is 0 Å². The summed E-state index contributed by atoms with van der Waals surface area (Å²) in [7, 11) is 0. The molecule has 1 aliphatic heterocycles. The molecule has 2 rings (SSSR count). The molecule has 0 spiro atoms. The van der Waals surface area contributed by atoms with Gasteiger partial charge in [-0.05, 0) is 12.1 Å². The summed E-state index contributed by atoms with van der Waals surface area (Å²) in [5, 5.41) is 0.501. The van der Waals surface area contributed by atoms with Crippen LogP contribution in [0.25, 0.3) is 0 Å². The van der Waals surface area contributed by atoms with Crippen LogP contribution in [0, 0.1) is 5.92 Å². The molecule has 17 heavy (non-hydrogen) atoms. The quantitative estimate of drug-likeness (QED) is 0.828. The zero-order chi connectivity index (χ0) is 12.4. The zero-order valence-corrected chi connectivity index (χ0v) is 10.6. The molecule has 0 bridgehead atoms. The molecule has 1 fully saturated rings. The molecule has 5 heteroatoms. The Morgan fingerprint density at radius 2 is 2.29 bits per heavy atom. The summed E-state index contributed by atoms with van der Waals surface area (Å²) in [6, 6.07) is 3.49. The van der Waals surface area contributed by atoms with E-state index in [2.05, 4.69) is 4.98 Å². The first-order valence-corrected chi connectivity index (χ1v) is 6.01. The second-order valence-electron chi connectivity index (χ2n) is 4.43. The Morgan fingerprint density at radius 3 is 2.88 bits per heavy atom. The van der Waals surface area contributed by atoms with Crippen molar-refractivity contribution in [1.29, 1.82) is 0 Å². The van der Waals surface area contributed by atoms with E-state index in [1.54, 1.807) is 23.2 Å². The van der Waals surface area contributed by atoms with Crippen LogP contribution in [0.2, 0.25) is 5.02 Å². The average molecular weight is 255 g/mol. The number of amides is 1. The number of halogens is 1. The Balaban J connectivity index is 1.86. The number of ether oxygens (including phenoxy) is 1. The molecule has 0 aliphatic carbocycles. The highest BCUT2D eigenvalue weighted by Crippen LogP contribution is 2.24. The van der Waals surface area contributed by atoms with Gasteiger partial charge in [-0.3, -0.25) is 4.79 Å². The van der Waals surface area contributed by atoms with Crippen LogP contribution in [0.1, 0.15) is 13.8 Å². The van der Waals surface area contributed by atoms with Gasteiger partial charge in [0.2, 0.25) is 11.8 Å². The Hall–Kier alpha value is -1.29. The molecule has 0 radical (unpaired) electrons. The molecule has 0 N–H and O–H groups in total. The molecule has 0 atom stereocenters. The SMILES string of the molecule is CC(C)C(=O)N1CC(Oc2ncccc2Cl)C1. The van der Waals surface area contributed by atoms with E-state index in [0.717, 1.165) is 0 Å². The van der Waals surface area contributed by atoms with Gasteiger partial charge in [-0.2, -0.15) is 0 Å². The fourth-order valence-corrected chi connectivity index (χ4v) is 1.84. The molecule has 1 aliphatic rings. The fourth-order valence-electron chi connectivity index (χ4n) is 1.67. The highest BCUT2D eigenvalue weighted by atomic mass is 35.5. The van der Waals surface area contributed by atoms with Crippen molar-refractivity contribution in [3.63, 3.8) is 0 Å². The van der Waals surface area contributed by atoms with E-state index in [4.69, 9.17) is 16.3 Å². The van der Waals surface area contributed by atoms with Crippen LogP contribution in [0.3, 0.4) is 0 Å². The Labute approximate surface area is 106 Å². The number of hydrogen-bond acceptors (Lipinski definition) is 3. The number of hydrogen-bond donors (Lipinski definition) is 0. The standard InChI is InChI=1S/C12H15ClN2O2/c1-8(2)12(16)15-6-9(7-15)17-11-10(13)4-3-5-14-11/h3-5,8-9H,6-7H2,1-2H3. The van der Waals surface area contributed by atoms with Crippen molar-refractivity contribution >= 4 is 17.5 Å². The molecular formula is C12H15ClN2O2.